The van der Waals surface area contributed by atoms with Crippen molar-refractivity contribution in [1.29, 1.82) is 0 Å². The van der Waals surface area contributed by atoms with Gasteiger partial charge < -0.3 is 14.8 Å². The van der Waals surface area contributed by atoms with Crippen LogP contribution in [0.1, 0.15) is 32.8 Å². The molecule has 0 heterocycles. The summed E-state index contributed by atoms with van der Waals surface area (Å²) in [5.41, 5.74) is 1.36. The lowest BCUT2D eigenvalue weighted by molar-refractivity contribution is -0.154. The van der Waals surface area contributed by atoms with Crippen LogP contribution in [-0.2, 0) is 15.9 Å². The second kappa shape index (κ2) is 9.96. The number of likely N-dealkylation sites (N-methyl/N-ethyl adjacent to an activating group) is 1. The highest BCUT2D eigenvalue weighted by Crippen LogP contribution is 2.11. The van der Waals surface area contributed by atoms with Gasteiger partial charge >= 0.3 is 0 Å². The van der Waals surface area contributed by atoms with Crippen molar-refractivity contribution in [3.05, 3.63) is 35.9 Å². The van der Waals surface area contributed by atoms with Crippen molar-refractivity contribution in [3.8, 4) is 0 Å². The molecule has 1 rings (SSSR count). The topological polar surface area (TPSA) is 30.5 Å². The third-order valence-electron chi connectivity index (χ3n) is 3.04. The van der Waals surface area contributed by atoms with Gasteiger partial charge in [-0.3, -0.25) is 0 Å². The van der Waals surface area contributed by atoms with E-state index in [1.165, 1.54) is 5.56 Å². The lowest BCUT2D eigenvalue weighted by Crippen LogP contribution is -2.43. The molecule has 0 aliphatic carbocycles. The first-order valence-corrected chi connectivity index (χ1v) is 7.32. The molecule has 0 spiro atoms. The molecule has 0 aromatic heterocycles. The van der Waals surface area contributed by atoms with Crippen molar-refractivity contribution < 1.29 is 9.47 Å². The first-order valence-electron chi connectivity index (χ1n) is 7.32. The van der Waals surface area contributed by atoms with Crippen LogP contribution >= 0.6 is 0 Å². The normalized spacial score (nSPS) is 12.8. The third-order valence-corrected chi connectivity index (χ3v) is 3.04. The van der Waals surface area contributed by atoms with Crippen LogP contribution in [0.5, 0.6) is 0 Å². The van der Waals surface area contributed by atoms with E-state index in [0.717, 1.165) is 19.4 Å². The number of nitrogens with one attached hydrogen (secondary N) is 1. The van der Waals surface area contributed by atoms with Gasteiger partial charge in [-0.25, -0.2) is 0 Å². The van der Waals surface area contributed by atoms with Crippen molar-refractivity contribution >= 4 is 0 Å². The molecule has 0 aliphatic rings. The van der Waals surface area contributed by atoms with Gasteiger partial charge in [0.15, 0.2) is 6.29 Å². The molecule has 1 N–H and O–H groups in total. The monoisotopic (exact) mass is 265 g/mol. The summed E-state index contributed by atoms with van der Waals surface area (Å²) < 4.78 is 11.4. The smallest absolute Gasteiger partial charge is 0.172 e. The first-order chi connectivity index (χ1) is 9.31. The van der Waals surface area contributed by atoms with Gasteiger partial charge in [0.05, 0.1) is 6.04 Å². The van der Waals surface area contributed by atoms with Crippen molar-refractivity contribution in [2.24, 2.45) is 0 Å². The van der Waals surface area contributed by atoms with Crippen molar-refractivity contribution in [1.82, 2.24) is 5.32 Å². The Morgan fingerprint density at radius 2 is 1.63 bits per heavy atom. The van der Waals surface area contributed by atoms with Gasteiger partial charge in [0, 0.05) is 13.2 Å². The quantitative estimate of drug-likeness (QED) is 0.660. The number of aryl methyl sites for hydroxylation is 1. The predicted molar refractivity (Wildman–Crippen MR) is 79.3 cm³/mol. The van der Waals surface area contributed by atoms with Crippen LogP contribution in [0.2, 0.25) is 0 Å². The zero-order chi connectivity index (χ0) is 13.9. The molecular weight excluding hydrogens is 238 g/mol. The van der Waals surface area contributed by atoms with Gasteiger partial charge in [-0.15, -0.1) is 0 Å². The average molecular weight is 265 g/mol. The lowest BCUT2D eigenvalue weighted by atomic mass is 10.0. The van der Waals surface area contributed by atoms with Gasteiger partial charge in [-0.05, 0) is 38.8 Å². The fourth-order valence-electron chi connectivity index (χ4n) is 2.17. The van der Waals surface area contributed by atoms with Gasteiger partial charge in [-0.2, -0.15) is 0 Å². The number of hydrogen-bond acceptors (Lipinski definition) is 3. The van der Waals surface area contributed by atoms with Crippen molar-refractivity contribution in [2.45, 2.75) is 45.9 Å². The molecule has 0 saturated heterocycles. The molecule has 3 nitrogen and oxygen atoms in total. The van der Waals surface area contributed by atoms with E-state index < -0.39 is 0 Å². The third kappa shape index (κ3) is 6.19. The Balaban J connectivity index is 2.54. The van der Waals surface area contributed by atoms with E-state index in [2.05, 4.69) is 42.6 Å². The van der Waals surface area contributed by atoms with Crippen LogP contribution in [0, 0.1) is 0 Å². The molecule has 1 atom stereocenters. The molecule has 19 heavy (non-hydrogen) atoms. The highest BCUT2D eigenvalue weighted by atomic mass is 16.7. The van der Waals surface area contributed by atoms with Gasteiger partial charge in [0.1, 0.15) is 0 Å². The molecule has 108 valence electrons. The predicted octanol–water partition coefficient (Wildman–Crippen LogP) is 3.00. The molecule has 3 heteroatoms. The molecular formula is C16H27NO2. The molecule has 1 aromatic rings. The number of rotatable bonds is 10. The Morgan fingerprint density at radius 1 is 1.00 bits per heavy atom. The summed E-state index contributed by atoms with van der Waals surface area (Å²) in [4.78, 5) is 0. The Bertz CT molecular complexity index is 310. The summed E-state index contributed by atoms with van der Waals surface area (Å²) in [5.74, 6) is 0. The Kier molecular flexibility index (Phi) is 8.47. The van der Waals surface area contributed by atoms with Crippen LogP contribution in [0.15, 0.2) is 30.3 Å². The van der Waals surface area contributed by atoms with Crippen LogP contribution in [0.4, 0.5) is 0 Å². The maximum atomic E-state index is 5.70. The fraction of sp³-hybridized carbons (Fsp3) is 0.625. The molecule has 1 unspecified atom stereocenters. The second-order valence-electron chi connectivity index (χ2n) is 4.47. The van der Waals surface area contributed by atoms with Crippen LogP contribution in [0.25, 0.3) is 0 Å². The molecule has 0 saturated carbocycles. The summed E-state index contributed by atoms with van der Waals surface area (Å²) in [6.45, 7) is 8.41. The Labute approximate surface area is 117 Å². The Hall–Kier alpha value is -0.900. The molecule has 0 amide bonds. The lowest BCUT2D eigenvalue weighted by Gasteiger charge is -2.27. The van der Waals surface area contributed by atoms with E-state index in [-0.39, 0.29) is 12.3 Å². The van der Waals surface area contributed by atoms with Crippen molar-refractivity contribution in [2.75, 3.05) is 19.8 Å². The van der Waals surface area contributed by atoms with Crippen LogP contribution in [-0.4, -0.2) is 32.1 Å². The average Bonchev–Trinajstić information content (AvgIpc) is 2.44. The SMILES string of the molecule is CCNC(CCc1ccccc1)C(OCC)OCC. The van der Waals surface area contributed by atoms with Gasteiger partial charge in [0.2, 0.25) is 0 Å². The molecule has 0 aliphatic heterocycles. The highest BCUT2D eigenvalue weighted by molar-refractivity contribution is 5.14. The zero-order valence-electron chi connectivity index (χ0n) is 12.4. The highest BCUT2D eigenvalue weighted by Gasteiger charge is 2.21. The molecule has 0 bridgehead atoms. The minimum absolute atomic E-state index is 0.154. The fourth-order valence-corrected chi connectivity index (χ4v) is 2.17. The Morgan fingerprint density at radius 3 is 2.16 bits per heavy atom. The summed E-state index contributed by atoms with van der Waals surface area (Å²) in [6.07, 6.45) is 1.90. The van der Waals surface area contributed by atoms with E-state index in [9.17, 15) is 0 Å². The van der Waals surface area contributed by atoms with E-state index >= 15 is 0 Å². The maximum Gasteiger partial charge on any atom is 0.172 e. The second-order valence-corrected chi connectivity index (χ2v) is 4.47. The zero-order valence-corrected chi connectivity index (χ0v) is 12.4. The first kappa shape index (κ1) is 16.2. The van der Waals surface area contributed by atoms with Crippen molar-refractivity contribution in [3.63, 3.8) is 0 Å². The van der Waals surface area contributed by atoms with Gasteiger partial charge in [-0.1, -0.05) is 37.3 Å². The van der Waals surface area contributed by atoms with Gasteiger partial charge in [0.25, 0.3) is 0 Å². The summed E-state index contributed by atoms with van der Waals surface area (Å²) in [6, 6.07) is 10.8. The summed E-state index contributed by atoms with van der Waals surface area (Å²) in [7, 11) is 0. The van der Waals surface area contributed by atoms with Crippen LogP contribution < -0.4 is 5.32 Å². The number of hydrogen-bond donors (Lipinski definition) is 1. The van der Waals surface area contributed by atoms with Crippen LogP contribution in [0.3, 0.4) is 0 Å². The molecule has 1 aromatic carbocycles. The number of ether oxygens (including phenoxy) is 2. The van der Waals surface area contributed by atoms with E-state index in [4.69, 9.17) is 9.47 Å². The minimum atomic E-state index is -0.154. The summed E-state index contributed by atoms with van der Waals surface area (Å²) in [5, 5.41) is 3.47. The standard InChI is InChI=1S/C16H27NO2/c1-4-17-15(16(18-5-2)19-6-3)13-12-14-10-8-7-9-11-14/h7-11,15-17H,4-6,12-13H2,1-3H3. The maximum absolute atomic E-state index is 5.70. The molecule has 0 radical (unpaired) electrons. The minimum Gasteiger partial charge on any atom is -0.351 e. The van der Waals surface area contributed by atoms with E-state index in [1.54, 1.807) is 0 Å². The van der Waals surface area contributed by atoms with E-state index in [0.29, 0.717) is 13.2 Å². The number of benzene rings is 1. The van der Waals surface area contributed by atoms with E-state index in [1.807, 2.05) is 13.8 Å². The summed E-state index contributed by atoms with van der Waals surface area (Å²) >= 11 is 0. The molecule has 0 fully saturated rings. The largest absolute Gasteiger partial charge is 0.351 e.